The van der Waals surface area contributed by atoms with Crippen LogP contribution in [-0.2, 0) is 4.74 Å². The van der Waals surface area contributed by atoms with Crippen LogP contribution in [0.3, 0.4) is 0 Å². The number of methoxy groups -OCH3 is 1. The molecule has 1 heterocycles. The fraction of sp³-hybridized carbons (Fsp3) is 1.00. The Kier molecular flexibility index (Phi) is 6.11. The van der Waals surface area contributed by atoms with Crippen molar-refractivity contribution in [3.8, 4) is 0 Å². The first-order valence-electron chi connectivity index (χ1n) is 6.15. The molecule has 0 aliphatic carbocycles. The van der Waals surface area contributed by atoms with E-state index in [0.29, 0.717) is 10.8 Å². The topological polar surface area (TPSA) is 38.5 Å². The normalized spacial score (nSPS) is 23.2. The number of ether oxygens (including phenoxy) is 1. The minimum absolute atomic E-state index is 0.345. The maximum Gasteiger partial charge on any atom is 0.0477 e. The molecule has 1 rings (SSSR count). The van der Waals surface area contributed by atoms with Crippen molar-refractivity contribution in [2.45, 2.75) is 37.0 Å². The van der Waals surface area contributed by atoms with Gasteiger partial charge in [-0.25, -0.2) is 0 Å². The minimum Gasteiger partial charge on any atom is -0.385 e. The third-order valence-corrected chi connectivity index (χ3v) is 5.32. The van der Waals surface area contributed by atoms with Gasteiger partial charge in [-0.1, -0.05) is 0 Å². The molecule has 0 radical (unpaired) electrons. The van der Waals surface area contributed by atoms with Crippen molar-refractivity contribution >= 4 is 11.8 Å². The highest BCUT2D eigenvalue weighted by Crippen LogP contribution is 2.34. The van der Waals surface area contributed by atoms with Gasteiger partial charge in [0.05, 0.1) is 0 Å². The highest BCUT2D eigenvalue weighted by molar-refractivity contribution is 8.00. The Morgan fingerprint density at radius 1 is 1.44 bits per heavy atom. The molecule has 1 aliphatic rings. The molecule has 3 nitrogen and oxygen atoms in total. The van der Waals surface area contributed by atoms with Crippen molar-refractivity contribution in [2.75, 3.05) is 39.6 Å². The molecule has 16 heavy (non-hydrogen) atoms. The number of nitrogens with zero attached hydrogens (tertiary/aromatic N) is 1. The molecule has 0 bridgehead atoms. The summed E-state index contributed by atoms with van der Waals surface area (Å²) in [7, 11) is 1.77. The van der Waals surface area contributed by atoms with E-state index in [4.69, 9.17) is 10.5 Å². The molecule has 0 aromatic carbocycles. The Labute approximate surface area is 104 Å². The van der Waals surface area contributed by atoms with Gasteiger partial charge in [-0.3, -0.25) is 0 Å². The van der Waals surface area contributed by atoms with Gasteiger partial charge in [0, 0.05) is 31.1 Å². The second kappa shape index (κ2) is 6.84. The Morgan fingerprint density at radius 3 is 2.50 bits per heavy atom. The third kappa shape index (κ3) is 3.62. The van der Waals surface area contributed by atoms with E-state index in [1.807, 2.05) is 11.8 Å². The molecule has 1 aliphatic heterocycles. The summed E-state index contributed by atoms with van der Waals surface area (Å²) in [5, 5.41) is 0. The molecule has 1 atom stereocenters. The fourth-order valence-electron chi connectivity index (χ4n) is 2.33. The second-order valence-electron chi connectivity index (χ2n) is 4.76. The number of rotatable bonds is 6. The van der Waals surface area contributed by atoms with Crippen LogP contribution in [0, 0.1) is 0 Å². The van der Waals surface area contributed by atoms with Gasteiger partial charge in [0.25, 0.3) is 0 Å². The summed E-state index contributed by atoms with van der Waals surface area (Å²) in [5.41, 5.74) is 5.89. The Morgan fingerprint density at radius 2 is 2.06 bits per heavy atom. The molecule has 0 amide bonds. The highest BCUT2D eigenvalue weighted by atomic mass is 32.2. The number of thioether (sulfide) groups is 1. The molecule has 1 fully saturated rings. The van der Waals surface area contributed by atoms with Crippen molar-refractivity contribution < 1.29 is 4.74 Å². The van der Waals surface area contributed by atoms with Gasteiger partial charge in [-0.2, -0.15) is 11.8 Å². The summed E-state index contributed by atoms with van der Waals surface area (Å²) in [6.45, 7) is 6.34. The SMILES string of the molecule is COCCC(C)N1CCC(CN)(SC)CC1. The van der Waals surface area contributed by atoms with Crippen molar-refractivity contribution in [1.29, 1.82) is 0 Å². The molecule has 4 heteroatoms. The van der Waals surface area contributed by atoms with Crippen LogP contribution >= 0.6 is 11.8 Å². The van der Waals surface area contributed by atoms with Crippen molar-refractivity contribution in [2.24, 2.45) is 5.73 Å². The van der Waals surface area contributed by atoms with E-state index in [1.165, 1.54) is 25.9 Å². The lowest BCUT2D eigenvalue weighted by Gasteiger charge is -2.42. The lowest BCUT2D eigenvalue weighted by atomic mass is 9.94. The van der Waals surface area contributed by atoms with E-state index in [1.54, 1.807) is 7.11 Å². The number of nitrogens with two attached hydrogens (primary N) is 1. The first-order valence-corrected chi connectivity index (χ1v) is 7.38. The van der Waals surface area contributed by atoms with Crippen LogP contribution in [-0.4, -0.2) is 55.3 Å². The maximum atomic E-state index is 5.89. The number of likely N-dealkylation sites (tertiary alicyclic amines) is 1. The summed E-state index contributed by atoms with van der Waals surface area (Å²) in [6, 6.07) is 0.637. The van der Waals surface area contributed by atoms with Gasteiger partial charge in [-0.15, -0.1) is 0 Å². The zero-order valence-electron chi connectivity index (χ0n) is 10.9. The molecule has 0 aromatic heterocycles. The quantitative estimate of drug-likeness (QED) is 0.772. The summed E-state index contributed by atoms with van der Waals surface area (Å²) in [4.78, 5) is 2.57. The molecule has 1 unspecified atom stereocenters. The van der Waals surface area contributed by atoms with Gasteiger partial charge >= 0.3 is 0 Å². The lowest BCUT2D eigenvalue weighted by Crippen LogP contribution is -2.49. The molecular formula is C12H26N2OS. The largest absolute Gasteiger partial charge is 0.385 e. The predicted octanol–water partition coefficient (Wildman–Crippen LogP) is 1.57. The summed E-state index contributed by atoms with van der Waals surface area (Å²) >= 11 is 1.95. The number of piperidine rings is 1. The minimum atomic E-state index is 0.345. The van der Waals surface area contributed by atoms with Crippen LogP contribution < -0.4 is 5.73 Å². The van der Waals surface area contributed by atoms with E-state index >= 15 is 0 Å². The Bertz CT molecular complexity index is 187. The Balaban J connectivity index is 2.36. The van der Waals surface area contributed by atoms with Crippen molar-refractivity contribution in [1.82, 2.24) is 4.90 Å². The summed E-state index contributed by atoms with van der Waals surface area (Å²) in [5.74, 6) is 0. The van der Waals surface area contributed by atoms with E-state index in [2.05, 4.69) is 18.1 Å². The monoisotopic (exact) mass is 246 g/mol. The summed E-state index contributed by atoms with van der Waals surface area (Å²) in [6.07, 6.45) is 5.77. The zero-order chi connectivity index (χ0) is 12.0. The molecule has 2 N–H and O–H groups in total. The second-order valence-corrected chi connectivity index (χ2v) is 6.03. The van der Waals surface area contributed by atoms with E-state index in [0.717, 1.165) is 19.6 Å². The van der Waals surface area contributed by atoms with Crippen LogP contribution in [0.25, 0.3) is 0 Å². The predicted molar refractivity (Wildman–Crippen MR) is 72.1 cm³/mol. The van der Waals surface area contributed by atoms with E-state index < -0.39 is 0 Å². The average molecular weight is 246 g/mol. The number of hydrogen-bond acceptors (Lipinski definition) is 4. The van der Waals surface area contributed by atoms with Crippen LogP contribution in [0.15, 0.2) is 0 Å². The molecule has 1 saturated heterocycles. The molecule has 96 valence electrons. The van der Waals surface area contributed by atoms with Gasteiger partial charge in [-0.05, 0) is 45.5 Å². The first-order chi connectivity index (χ1) is 7.67. The van der Waals surface area contributed by atoms with Gasteiger partial charge in [0.15, 0.2) is 0 Å². The lowest BCUT2D eigenvalue weighted by molar-refractivity contribution is 0.114. The average Bonchev–Trinajstić information content (AvgIpc) is 2.36. The highest BCUT2D eigenvalue weighted by Gasteiger charge is 2.33. The maximum absolute atomic E-state index is 5.89. The Hall–Kier alpha value is 0.230. The van der Waals surface area contributed by atoms with Crippen LogP contribution in [0.5, 0.6) is 0 Å². The van der Waals surface area contributed by atoms with Gasteiger partial charge in [0.2, 0.25) is 0 Å². The van der Waals surface area contributed by atoms with Crippen LogP contribution in [0.2, 0.25) is 0 Å². The first kappa shape index (κ1) is 14.3. The molecule has 0 aromatic rings. The van der Waals surface area contributed by atoms with Gasteiger partial charge < -0.3 is 15.4 Å². The molecular weight excluding hydrogens is 220 g/mol. The molecule has 0 saturated carbocycles. The van der Waals surface area contributed by atoms with Crippen molar-refractivity contribution in [3.63, 3.8) is 0 Å². The number of hydrogen-bond donors (Lipinski definition) is 1. The smallest absolute Gasteiger partial charge is 0.0477 e. The summed E-state index contributed by atoms with van der Waals surface area (Å²) < 4.78 is 5.48. The van der Waals surface area contributed by atoms with E-state index in [-0.39, 0.29) is 0 Å². The van der Waals surface area contributed by atoms with Crippen LogP contribution in [0.4, 0.5) is 0 Å². The van der Waals surface area contributed by atoms with Crippen LogP contribution in [0.1, 0.15) is 26.2 Å². The molecule has 0 spiro atoms. The van der Waals surface area contributed by atoms with Crippen molar-refractivity contribution in [3.05, 3.63) is 0 Å². The van der Waals surface area contributed by atoms with Gasteiger partial charge in [0.1, 0.15) is 0 Å². The van der Waals surface area contributed by atoms with E-state index in [9.17, 15) is 0 Å². The zero-order valence-corrected chi connectivity index (χ0v) is 11.7. The standard InChI is InChI=1S/C12H26N2OS/c1-11(4-9-15-2)14-7-5-12(10-13,16-3)6-8-14/h11H,4-10,13H2,1-3H3. The third-order valence-electron chi connectivity index (χ3n) is 3.88. The fourth-order valence-corrected chi connectivity index (χ4v) is 3.09.